The van der Waals surface area contributed by atoms with Gasteiger partial charge in [0.1, 0.15) is 0 Å². The van der Waals surface area contributed by atoms with Crippen molar-refractivity contribution in [3.8, 4) is 17.2 Å². The van der Waals surface area contributed by atoms with E-state index >= 15 is 0 Å². The molecule has 7 heteroatoms. The Morgan fingerprint density at radius 1 is 1.06 bits per heavy atom. The van der Waals surface area contributed by atoms with Crippen molar-refractivity contribution >= 4 is 5.97 Å². The lowest BCUT2D eigenvalue weighted by molar-refractivity contribution is 0.0590. The molecule has 0 fully saturated rings. The van der Waals surface area contributed by atoms with Gasteiger partial charge in [0.15, 0.2) is 22.9 Å². The van der Waals surface area contributed by atoms with Crippen LogP contribution in [0.25, 0.3) is 0 Å². The molecule has 1 atom stereocenters. The number of aromatic hydroxyl groups is 1. The Morgan fingerprint density at radius 2 is 1.80 bits per heavy atom. The maximum Gasteiger partial charge on any atom is 0.360 e. The highest BCUT2D eigenvalue weighted by Crippen LogP contribution is 2.41. The summed E-state index contributed by atoms with van der Waals surface area (Å²) in [5.74, 6) is 0.780. The second kappa shape index (κ2) is 11.2. The molecule has 1 aliphatic rings. The van der Waals surface area contributed by atoms with E-state index in [4.69, 9.17) is 14.2 Å². The zero-order valence-electron chi connectivity index (χ0n) is 20.5. The van der Waals surface area contributed by atoms with E-state index in [0.717, 1.165) is 43.9 Å². The summed E-state index contributed by atoms with van der Waals surface area (Å²) in [7, 11) is 4.62. The molecule has 184 valence electrons. The standard InChI is InChI=1S/C28H32N2O5/c1-33-23-17-21-13-16-30(26(19-9-5-4-6-10-19)22(21)18-24(23)34-2)15-8-7-11-20-12-14-29-25(27(20)31)28(32)35-3/h4-6,9-10,12,14,17-18,26,31H,7-8,11,13,15-16H2,1-3H3. The van der Waals surface area contributed by atoms with Crippen LogP contribution in [0, 0.1) is 0 Å². The van der Waals surface area contributed by atoms with Crippen LogP contribution in [0.5, 0.6) is 17.2 Å². The lowest BCUT2D eigenvalue weighted by atomic mass is 9.87. The molecule has 7 nitrogen and oxygen atoms in total. The molecular weight excluding hydrogens is 444 g/mol. The summed E-state index contributed by atoms with van der Waals surface area (Å²) in [6.45, 7) is 1.85. The Balaban J connectivity index is 1.51. The first-order valence-electron chi connectivity index (χ1n) is 11.9. The van der Waals surface area contributed by atoms with Gasteiger partial charge >= 0.3 is 5.97 Å². The van der Waals surface area contributed by atoms with E-state index in [9.17, 15) is 9.90 Å². The Morgan fingerprint density at radius 3 is 2.51 bits per heavy atom. The first-order valence-corrected chi connectivity index (χ1v) is 11.9. The Bertz CT molecular complexity index is 1170. The van der Waals surface area contributed by atoms with Crippen molar-refractivity contribution in [3.05, 3.63) is 82.7 Å². The highest BCUT2D eigenvalue weighted by atomic mass is 16.5. The van der Waals surface area contributed by atoms with E-state index in [1.807, 2.05) is 6.07 Å². The van der Waals surface area contributed by atoms with Crippen molar-refractivity contribution in [1.29, 1.82) is 0 Å². The Labute approximate surface area is 206 Å². The molecule has 4 rings (SSSR count). The van der Waals surface area contributed by atoms with Crippen LogP contribution >= 0.6 is 0 Å². The number of carbonyl (C=O) groups excluding carboxylic acids is 1. The lowest BCUT2D eigenvalue weighted by Gasteiger charge is -2.38. The highest BCUT2D eigenvalue weighted by Gasteiger charge is 2.30. The topological polar surface area (TPSA) is 81.1 Å². The molecule has 1 unspecified atom stereocenters. The van der Waals surface area contributed by atoms with Crippen LogP contribution in [0.2, 0.25) is 0 Å². The number of pyridine rings is 1. The molecular formula is C28H32N2O5. The molecule has 0 radical (unpaired) electrons. The van der Waals surface area contributed by atoms with E-state index in [-0.39, 0.29) is 17.5 Å². The average Bonchev–Trinajstić information content (AvgIpc) is 2.90. The van der Waals surface area contributed by atoms with Gasteiger partial charge in [0.25, 0.3) is 0 Å². The fourth-order valence-electron chi connectivity index (χ4n) is 4.84. The zero-order valence-corrected chi connectivity index (χ0v) is 20.5. The number of rotatable bonds is 9. The molecule has 2 heterocycles. The molecule has 3 aromatic rings. The van der Waals surface area contributed by atoms with Gasteiger partial charge in [0.2, 0.25) is 0 Å². The third-order valence-electron chi connectivity index (χ3n) is 6.62. The van der Waals surface area contributed by atoms with Gasteiger partial charge in [-0.3, -0.25) is 4.90 Å². The van der Waals surface area contributed by atoms with Gasteiger partial charge in [-0.2, -0.15) is 0 Å². The van der Waals surface area contributed by atoms with Crippen molar-refractivity contribution in [2.75, 3.05) is 34.4 Å². The van der Waals surface area contributed by atoms with Gasteiger partial charge in [-0.15, -0.1) is 0 Å². The summed E-state index contributed by atoms with van der Waals surface area (Å²) in [5.41, 5.74) is 4.45. The summed E-state index contributed by atoms with van der Waals surface area (Å²) in [5, 5.41) is 10.4. The molecule has 0 saturated carbocycles. The minimum absolute atomic E-state index is 0.0360. The second-order valence-electron chi connectivity index (χ2n) is 8.62. The molecule has 35 heavy (non-hydrogen) atoms. The molecule has 1 N–H and O–H groups in total. The fraction of sp³-hybridized carbons (Fsp3) is 0.357. The quantitative estimate of drug-likeness (QED) is 0.358. The number of hydrogen-bond donors (Lipinski definition) is 1. The molecule has 0 aliphatic carbocycles. The Kier molecular flexibility index (Phi) is 7.87. The van der Waals surface area contributed by atoms with Crippen molar-refractivity contribution in [1.82, 2.24) is 9.88 Å². The maximum absolute atomic E-state index is 11.8. The van der Waals surface area contributed by atoms with Gasteiger partial charge in [-0.25, -0.2) is 9.78 Å². The fourth-order valence-corrected chi connectivity index (χ4v) is 4.84. The summed E-state index contributed by atoms with van der Waals surface area (Å²) in [4.78, 5) is 18.3. The SMILES string of the molecule is COC(=O)c1nccc(CCCCN2CCc3cc(OC)c(OC)cc3C2c2ccccc2)c1O. The first-order chi connectivity index (χ1) is 17.1. The van der Waals surface area contributed by atoms with E-state index in [1.165, 1.54) is 30.0 Å². The summed E-state index contributed by atoms with van der Waals surface area (Å²) in [6, 6.07) is 16.6. The molecule has 0 amide bonds. The monoisotopic (exact) mass is 476 g/mol. The predicted octanol–water partition coefficient (Wildman–Crippen LogP) is 4.56. The lowest BCUT2D eigenvalue weighted by Crippen LogP contribution is -2.37. The number of nitrogens with zero attached hydrogens (tertiary/aromatic N) is 2. The molecule has 0 spiro atoms. The first kappa shape index (κ1) is 24.5. The minimum atomic E-state index is -0.630. The zero-order chi connectivity index (χ0) is 24.8. The largest absolute Gasteiger partial charge is 0.505 e. The molecule has 2 aromatic carbocycles. The number of carbonyl (C=O) groups is 1. The molecule has 0 bridgehead atoms. The normalized spacial score (nSPS) is 15.3. The Hall–Kier alpha value is -3.58. The van der Waals surface area contributed by atoms with Crippen LogP contribution < -0.4 is 9.47 Å². The third kappa shape index (κ3) is 5.25. The van der Waals surface area contributed by atoms with Gasteiger partial charge in [0, 0.05) is 12.7 Å². The van der Waals surface area contributed by atoms with Crippen LogP contribution in [-0.4, -0.2) is 55.4 Å². The summed E-state index contributed by atoms with van der Waals surface area (Å²) >= 11 is 0. The molecule has 1 aromatic heterocycles. The predicted molar refractivity (Wildman–Crippen MR) is 133 cm³/mol. The van der Waals surface area contributed by atoms with Gasteiger partial charge in [-0.1, -0.05) is 30.3 Å². The van der Waals surface area contributed by atoms with E-state index in [0.29, 0.717) is 12.0 Å². The molecule has 1 aliphatic heterocycles. The number of unbranched alkanes of at least 4 members (excludes halogenated alkanes) is 1. The van der Waals surface area contributed by atoms with Gasteiger partial charge < -0.3 is 19.3 Å². The van der Waals surface area contributed by atoms with Crippen molar-refractivity contribution in [2.24, 2.45) is 0 Å². The van der Waals surface area contributed by atoms with Crippen LogP contribution in [0.1, 0.15) is 51.6 Å². The smallest absolute Gasteiger partial charge is 0.360 e. The maximum atomic E-state index is 11.8. The number of aromatic nitrogens is 1. The van der Waals surface area contributed by atoms with Crippen LogP contribution in [-0.2, 0) is 17.6 Å². The number of benzene rings is 2. The number of ether oxygens (including phenoxy) is 3. The third-order valence-corrected chi connectivity index (χ3v) is 6.62. The number of methoxy groups -OCH3 is 3. The highest BCUT2D eigenvalue weighted by molar-refractivity contribution is 5.90. The second-order valence-corrected chi connectivity index (χ2v) is 8.62. The number of fused-ring (bicyclic) bond motifs is 1. The minimum Gasteiger partial charge on any atom is -0.505 e. The van der Waals surface area contributed by atoms with Crippen LogP contribution in [0.3, 0.4) is 0 Å². The number of hydrogen-bond acceptors (Lipinski definition) is 7. The van der Waals surface area contributed by atoms with Crippen molar-refractivity contribution in [2.45, 2.75) is 31.7 Å². The van der Waals surface area contributed by atoms with Crippen LogP contribution in [0.15, 0.2) is 54.7 Å². The number of esters is 1. The summed E-state index contributed by atoms with van der Waals surface area (Å²) in [6.07, 6.45) is 4.95. The number of aryl methyl sites for hydroxylation is 1. The van der Waals surface area contributed by atoms with Gasteiger partial charge in [0.05, 0.1) is 27.4 Å². The van der Waals surface area contributed by atoms with E-state index in [2.05, 4.69) is 46.3 Å². The van der Waals surface area contributed by atoms with Gasteiger partial charge in [-0.05, 0) is 72.7 Å². The summed E-state index contributed by atoms with van der Waals surface area (Å²) < 4.78 is 15.9. The van der Waals surface area contributed by atoms with E-state index < -0.39 is 5.97 Å². The van der Waals surface area contributed by atoms with Crippen molar-refractivity contribution in [3.63, 3.8) is 0 Å². The molecule has 0 saturated heterocycles. The van der Waals surface area contributed by atoms with E-state index in [1.54, 1.807) is 20.3 Å². The van der Waals surface area contributed by atoms with Crippen LogP contribution in [0.4, 0.5) is 0 Å². The van der Waals surface area contributed by atoms with Crippen molar-refractivity contribution < 1.29 is 24.1 Å². The average molecular weight is 477 g/mol.